The molecule has 5 nitrogen and oxygen atoms in total. The van der Waals surface area contributed by atoms with Crippen LogP contribution in [0.15, 0.2) is 24.3 Å². The van der Waals surface area contributed by atoms with Gasteiger partial charge in [-0.15, -0.1) is 0 Å². The minimum absolute atomic E-state index is 0.186. The van der Waals surface area contributed by atoms with Crippen LogP contribution in [0, 0.1) is 5.82 Å². The summed E-state index contributed by atoms with van der Waals surface area (Å²) in [6.07, 6.45) is 4.85. The van der Waals surface area contributed by atoms with Gasteiger partial charge in [-0.05, 0) is 38.3 Å². The summed E-state index contributed by atoms with van der Waals surface area (Å²) in [4.78, 5) is 27.7. The molecule has 0 aliphatic carbocycles. The lowest BCUT2D eigenvalue weighted by molar-refractivity contribution is -0.129. The standard InChI is InChI=1S/C20H28FN3O2/c21-18-6-2-1-5-16(18)15-22-11-10-17-8-9-20(26)24(17)14-4-13-23-12-3-7-19(23)25/h1-2,5-6,17,22H,3-4,7-15H2/t17-/m0/s1. The zero-order chi connectivity index (χ0) is 18.4. The topological polar surface area (TPSA) is 52.7 Å². The average molecular weight is 361 g/mol. The first kappa shape index (κ1) is 18.8. The van der Waals surface area contributed by atoms with E-state index in [4.69, 9.17) is 0 Å². The van der Waals surface area contributed by atoms with E-state index in [1.54, 1.807) is 12.1 Å². The molecular weight excluding hydrogens is 333 g/mol. The molecule has 0 aromatic heterocycles. The number of nitrogens with one attached hydrogen (secondary N) is 1. The molecule has 1 aromatic carbocycles. The first-order chi connectivity index (χ1) is 12.6. The van der Waals surface area contributed by atoms with Crippen molar-refractivity contribution in [3.63, 3.8) is 0 Å². The third kappa shape index (κ3) is 4.81. The number of likely N-dealkylation sites (tertiary alicyclic amines) is 2. The van der Waals surface area contributed by atoms with Crippen LogP contribution in [0.2, 0.25) is 0 Å². The van der Waals surface area contributed by atoms with E-state index in [9.17, 15) is 14.0 Å². The van der Waals surface area contributed by atoms with Gasteiger partial charge in [-0.2, -0.15) is 0 Å². The molecule has 2 aliphatic rings. The maximum atomic E-state index is 13.6. The second-order valence-electron chi connectivity index (χ2n) is 7.17. The summed E-state index contributed by atoms with van der Waals surface area (Å²) in [5, 5.41) is 3.28. The fourth-order valence-corrected chi connectivity index (χ4v) is 3.91. The molecule has 1 aromatic rings. The van der Waals surface area contributed by atoms with E-state index < -0.39 is 0 Å². The van der Waals surface area contributed by atoms with Crippen molar-refractivity contribution < 1.29 is 14.0 Å². The van der Waals surface area contributed by atoms with E-state index in [0.29, 0.717) is 24.9 Å². The van der Waals surface area contributed by atoms with Crippen molar-refractivity contribution in [2.75, 3.05) is 26.2 Å². The molecule has 0 unspecified atom stereocenters. The summed E-state index contributed by atoms with van der Waals surface area (Å²) in [5.74, 6) is 0.276. The first-order valence-corrected chi connectivity index (χ1v) is 9.66. The molecule has 2 heterocycles. The van der Waals surface area contributed by atoms with Crippen molar-refractivity contribution in [1.82, 2.24) is 15.1 Å². The van der Waals surface area contributed by atoms with Gasteiger partial charge < -0.3 is 15.1 Å². The third-order valence-electron chi connectivity index (χ3n) is 5.38. The SMILES string of the molecule is O=C1CCCN1CCCN1C(=O)CC[C@H]1CCNCc1ccccc1F. The van der Waals surface area contributed by atoms with Gasteiger partial charge in [0.25, 0.3) is 0 Å². The van der Waals surface area contributed by atoms with Crippen LogP contribution in [-0.4, -0.2) is 53.8 Å². The zero-order valence-electron chi connectivity index (χ0n) is 15.3. The van der Waals surface area contributed by atoms with E-state index in [-0.39, 0.29) is 23.7 Å². The Labute approximate surface area is 154 Å². The lowest BCUT2D eigenvalue weighted by Gasteiger charge is -2.26. The fraction of sp³-hybridized carbons (Fsp3) is 0.600. The number of carbonyl (C=O) groups is 2. The number of rotatable bonds is 9. The van der Waals surface area contributed by atoms with Crippen LogP contribution in [0.4, 0.5) is 4.39 Å². The highest BCUT2D eigenvalue weighted by Gasteiger charge is 2.30. The molecule has 1 N–H and O–H groups in total. The Balaban J connectivity index is 1.38. The number of nitrogens with zero attached hydrogens (tertiary/aromatic N) is 2. The van der Waals surface area contributed by atoms with Crippen molar-refractivity contribution in [1.29, 1.82) is 0 Å². The Kier molecular flexibility index (Phi) is 6.61. The van der Waals surface area contributed by atoms with Crippen molar-refractivity contribution in [2.45, 2.75) is 51.1 Å². The molecule has 3 rings (SSSR count). The van der Waals surface area contributed by atoms with E-state index >= 15 is 0 Å². The molecule has 2 fully saturated rings. The maximum absolute atomic E-state index is 13.6. The van der Waals surface area contributed by atoms with Gasteiger partial charge >= 0.3 is 0 Å². The van der Waals surface area contributed by atoms with Crippen LogP contribution in [-0.2, 0) is 16.1 Å². The van der Waals surface area contributed by atoms with Crippen LogP contribution in [0.1, 0.15) is 44.1 Å². The number of halogens is 1. The Morgan fingerprint density at radius 3 is 2.73 bits per heavy atom. The van der Waals surface area contributed by atoms with E-state index in [2.05, 4.69) is 5.32 Å². The molecule has 1 atom stereocenters. The van der Waals surface area contributed by atoms with Gasteiger partial charge in [-0.1, -0.05) is 18.2 Å². The monoisotopic (exact) mass is 361 g/mol. The zero-order valence-corrected chi connectivity index (χ0v) is 15.3. The minimum atomic E-state index is -0.186. The van der Waals surface area contributed by atoms with E-state index in [1.165, 1.54) is 6.07 Å². The molecule has 26 heavy (non-hydrogen) atoms. The van der Waals surface area contributed by atoms with Gasteiger partial charge in [-0.25, -0.2) is 4.39 Å². The number of benzene rings is 1. The first-order valence-electron chi connectivity index (χ1n) is 9.66. The fourth-order valence-electron chi connectivity index (χ4n) is 3.91. The highest BCUT2D eigenvalue weighted by molar-refractivity contribution is 5.79. The summed E-state index contributed by atoms with van der Waals surface area (Å²) < 4.78 is 13.6. The molecule has 0 radical (unpaired) electrons. The van der Waals surface area contributed by atoms with E-state index in [1.807, 2.05) is 15.9 Å². The molecule has 0 saturated carbocycles. The predicted octanol–water partition coefficient (Wildman–Crippen LogP) is 2.31. The van der Waals surface area contributed by atoms with Gasteiger partial charge in [0.05, 0.1) is 0 Å². The Morgan fingerprint density at radius 1 is 1.12 bits per heavy atom. The second-order valence-corrected chi connectivity index (χ2v) is 7.17. The number of hydrogen-bond acceptors (Lipinski definition) is 3. The second kappa shape index (κ2) is 9.12. The van der Waals surface area contributed by atoms with Crippen LogP contribution in [0.3, 0.4) is 0 Å². The van der Waals surface area contributed by atoms with Gasteiger partial charge in [0, 0.05) is 50.6 Å². The normalized spacial score (nSPS) is 20.4. The van der Waals surface area contributed by atoms with Crippen LogP contribution in [0.5, 0.6) is 0 Å². The van der Waals surface area contributed by atoms with E-state index in [0.717, 1.165) is 51.9 Å². The summed E-state index contributed by atoms with van der Waals surface area (Å²) in [7, 11) is 0. The lowest BCUT2D eigenvalue weighted by Crippen LogP contribution is -2.37. The van der Waals surface area contributed by atoms with Gasteiger partial charge in [0.2, 0.25) is 11.8 Å². The quantitative estimate of drug-likeness (QED) is 0.687. The van der Waals surface area contributed by atoms with Gasteiger partial charge in [-0.3, -0.25) is 9.59 Å². The van der Waals surface area contributed by atoms with Crippen molar-refractivity contribution in [3.05, 3.63) is 35.6 Å². The molecule has 6 heteroatoms. The van der Waals surface area contributed by atoms with Crippen molar-refractivity contribution >= 4 is 11.8 Å². The molecular formula is C20H28FN3O2. The highest BCUT2D eigenvalue weighted by atomic mass is 19.1. The van der Waals surface area contributed by atoms with Crippen molar-refractivity contribution in [3.8, 4) is 0 Å². The molecule has 0 spiro atoms. The molecule has 2 aliphatic heterocycles. The van der Waals surface area contributed by atoms with Crippen LogP contribution < -0.4 is 5.32 Å². The third-order valence-corrected chi connectivity index (χ3v) is 5.38. The summed E-state index contributed by atoms with van der Waals surface area (Å²) in [5.41, 5.74) is 0.669. The summed E-state index contributed by atoms with van der Waals surface area (Å²) >= 11 is 0. The Morgan fingerprint density at radius 2 is 1.96 bits per heavy atom. The average Bonchev–Trinajstić information content (AvgIpc) is 3.20. The maximum Gasteiger partial charge on any atom is 0.222 e. The van der Waals surface area contributed by atoms with Crippen LogP contribution >= 0.6 is 0 Å². The largest absolute Gasteiger partial charge is 0.343 e. The number of amides is 2. The Bertz CT molecular complexity index is 637. The summed E-state index contributed by atoms with van der Waals surface area (Å²) in [6.45, 7) is 3.59. The molecule has 2 amide bonds. The van der Waals surface area contributed by atoms with Gasteiger partial charge in [0.15, 0.2) is 0 Å². The summed E-state index contributed by atoms with van der Waals surface area (Å²) in [6, 6.07) is 7.04. The Hall–Kier alpha value is -1.95. The van der Waals surface area contributed by atoms with Gasteiger partial charge in [0.1, 0.15) is 5.82 Å². The smallest absolute Gasteiger partial charge is 0.222 e. The number of hydrogen-bond donors (Lipinski definition) is 1. The highest BCUT2D eigenvalue weighted by Crippen LogP contribution is 2.22. The molecule has 0 bridgehead atoms. The van der Waals surface area contributed by atoms with Crippen LogP contribution in [0.25, 0.3) is 0 Å². The van der Waals surface area contributed by atoms with Crippen molar-refractivity contribution in [2.24, 2.45) is 0 Å². The minimum Gasteiger partial charge on any atom is -0.343 e. The lowest BCUT2D eigenvalue weighted by atomic mass is 10.1. The molecule has 2 saturated heterocycles. The number of carbonyl (C=O) groups excluding carboxylic acids is 2. The predicted molar refractivity (Wildman–Crippen MR) is 97.9 cm³/mol. The molecule has 142 valence electrons.